The van der Waals surface area contributed by atoms with Crippen LogP contribution in [-0.4, -0.2) is 39.7 Å². The van der Waals surface area contributed by atoms with Crippen molar-refractivity contribution in [2.24, 2.45) is 5.92 Å². The highest BCUT2D eigenvalue weighted by atomic mass is 15.1. The molecule has 0 aromatic carbocycles. The molecule has 0 aliphatic heterocycles. The molecule has 6 aromatic rings. The Balaban J connectivity index is 1.38. The van der Waals surface area contributed by atoms with Crippen molar-refractivity contribution in [1.29, 1.82) is 0 Å². The first-order valence-corrected chi connectivity index (χ1v) is 12.2. The normalized spacial score (nSPS) is 11.6. The molecule has 0 amide bonds. The van der Waals surface area contributed by atoms with Crippen LogP contribution in [0, 0.1) is 12.8 Å². The van der Waals surface area contributed by atoms with E-state index in [0.29, 0.717) is 5.92 Å². The lowest BCUT2D eigenvalue weighted by atomic mass is 10.1. The number of aryl methyl sites for hydroxylation is 1. The van der Waals surface area contributed by atoms with Gasteiger partial charge in [0.15, 0.2) is 0 Å². The molecule has 0 aliphatic rings. The molecular weight excluding hydrogens is 462 g/mol. The molecule has 0 atom stereocenters. The highest BCUT2D eigenvalue weighted by molar-refractivity contribution is 5.98. The first-order valence-electron chi connectivity index (χ1n) is 12.2. The summed E-state index contributed by atoms with van der Waals surface area (Å²) in [7, 11) is 0. The fourth-order valence-electron chi connectivity index (χ4n) is 4.60. The van der Waals surface area contributed by atoms with Crippen molar-refractivity contribution in [3.8, 4) is 28.3 Å². The van der Waals surface area contributed by atoms with Gasteiger partial charge in [-0.3, -0.25) is 20.1 Å². The Morgan fingerprint density at radius 2 is 1.86 bits per heavy atom. The molecule has 0 radical (unpaired) electrons. The SMILES string of the molecule is C=C(CC(C)C)Nc1cncc(-c2cc3c(-c4cc5c(-n6cnc(C)c6)cncc5[nH]4)n[nH]c3cn2)c1. The number of rotatable bonds is 7. The largest absolute Gasteiger partial charge is 0.358 e. The third-order valence-electron chi connectivity index (χ3n) is 6.23. The van der Waals surface area contributed by atoms with E-state index in [1.54, 1.807) is 12.5 Å². The summed E-state index contributed by atoms with van der Waals surface area (Å²) in [5, 5.41) is 13.1. The van der Waals surface area contributed by atoms with E-state index in [1.807, 2.05) is 54.6 Å². The summed E-state index contributed by atoms with van der Waals surface area (Å²) >= 11 is 0. The number of anilines is 1. The number of aromatic nitrogens is 8. The molecule has 0 spiro atoms. The first-order chi connectivity index (χ1) is 17.9. The van der Waals surface area contributed by atoms with Gasteiger partial charge in [0.2, 0.25) is 0 Å². The summed E-state index contributed by atoms with van der Waals surface area (Å²) in [5.41, 5.74) is 8.97. The Labute approximate surface area is 213 Å². The van der Waals surface area contributed by atoms with Gasteiger partial charge in [0.05, 0.1) is 70.6 Å². The standard InChI is InChI=1S/C28H27N9/c1-16(2)5-17(3)33-20-6-19(9-29-10-20)23-8-22-26(12-31-23)35-36-28(22)24-7-21-25(34-24)11-30-13-27(21)37-14-18(4)32-15-37/h6-16,33-34H,3,5H2,1-2,4H3,(H,35,36). The predicted octanol–water partition coefficient (Wildman–Crippen LogP) is 6.03. The predicted molar refractivity (Wildman–Crippen MR) is 146 cm³/mol. The lowest BCUT2D eigenvalue weighted by Crippen LogP contribution is -2.02. The van der Waals surface area contributed by atoms with E-state index in [4.69, 9.17) is 0 Å². The van der Waals surface area contributed by atoms with Crippen LogP contribution in [0.25, 0.3) is 50.1 Å². The molecule has 37 heavy (non-hydrogen) atoms. The maximum Gasteiger partial charge on any atom is 0.116 e. The van der Waals surface area contributed by atoms with Gasteiger partial charge in [0.25, 0.3) is 0 Å². The topological polar surface area (TPSA) is 113 Å². The lowest BCUT2D eigenvalue weighted by Gasteiger charge is -2.12. The van der Waals surface area contributed by atoms with E-state index in [9.17, 15) is 0 Å². The van der Waals surface area contributed by atoms with Gasteiger partial charge in [-0.2, -0.15) is 5.10 Å². The second kappa shape index (κ2) is 9.02. The van der Waals surface area contributed by atoms with Gasteiger partial charge in [0.1, 0.15) is 5.69 Å². The van der Waals surface area contributed by atoms with Crippen molar-refractivity contribution < 1.29 is 0 Å². The van der Waals surface area contributed by atoms with Crippen LogP contribution in [0.4, 0.5) is 5.69 Å². The number of pyridine rings is 3. The molecule has 0 aliphatic carbocycles. The Bertz CT molecular complexity index is 1750. The number of allylic oxidation sites excluding steroid dienone is 1. The maximum absolute atomic E-state index is 4.66. The van der Waals surface area contributed by atoms with Gasteiger partial charge >= 0.3 is 0 Å². The van der Waals surface area contributed by atoms with Crippen LogP contribution in [0.1, 0.15) is 26.0 Å². The number of hydrogen-bond donors (Lipinski definition) is 3. The van der Waals surface area contributed by atoms with Gasteiger partial charge in [0, 0.05) is 34.4 Å². The summed E-state index contributed by atoms with van der Waals surface area (Å²) < 4.78 is 1.98. The molecule has 9 nitrogen and oxygen atoms in total. The van der Waals surface area contributed by atoms with E-state index >= 15 is 0 Å². The molecule has 9 heteroatoms. The van der Waals surface area contributed by atoms with E-state index in [1.165, 1.54) is 0 Å². The molecule has 184 valence electrons. The fraction of sp³-hybridized carbons (Fsp3) is 0.179. The third kappa shape index (κ3) is 4.35. The molecule has 0 saturated carbocycles. The average Bonchev–Trinajstić information content (AvgIpc) is 3.60. The minimum Gasteiger partial charge on any atom is -0.358 e. The number of imidazole rings is 1. The molecule has 6 heterocycles. The molecule has 6 aromatic heterocycles. The minimum atomic E-state index is 0.528. The second-order valence-corrected chi connectivity index (χ2v) is 9.70. The smallest absolute Gasteiger partial charge is 0.116 e. The number of H-pyrrole nitrogens is 2. The Kier molecular flexibility index (Phi) is 5.52. The molecule has 0 unspecified atom stereocenters. The van der Waals surface area contributed by atoms with Crippen LogP contribution in [0.5, 0.6) is 0 Å². The summed E-state index contributed by atoms with van der Waals surface area (Å²) in [6.07, 6.45) is 13.8. The third-order valence-corrected chi connectivity index (χ3v) is 6.23. The van der Waals surface area contributed by atoms with Gasteiger partial charge in [-0.1, -0.05) is 20.4 Å². The van der Waals surface area contributed by atoms with Crippen molar-refractivity contribution in [3.63, 3.8) is 0 Å². The van der Waals surface area contributed by atoms with Gasteiger partial charge in [-0.15, -0.1) is 0 Å². The Morgan fingerprint density at radius 1 is 1.00 bits per heavy atom. The summed E-state index contributed by atoms with van der Waals surface area (Å²) in [4.78, 5) is 21.3. The molecule has 6 rings (SSSR count). The maximum atomic E-state index is 4.66. The Hall–Kier alpha value is -4.79. The molecule has 0 bridgehead atoms. The Morgan fingerprint density at radius 3 is 2.68 bits per heavy atom. The number of fused-ring (bicyclic) bond motifs is 2. The average molecular weight is 490 g/mol. The van der Waals surface area contributed by atoms with Crippen molar-refractivity contribution >= 4 is 27.5 Å². The number of nitrogens with one attached hydrogen (secondary N) is 3. The zero-order chi connectivity index (χ0) is 25.5. The van der Waals surface area contributed by atoms with E-state index in [2.05, 4.69) is 66.9 Å². The van der Waals surface area contributed by atoms with Crippen molar-refractivity contribution in [2.45, 2.75) is 27.2 Å². The van der Waals surface area contributed by atoms with Crippen LogP contribution in [0.3, 0.4) is 0 Å². The zero-order valence-corrected chi connectivity index (χ0v) is 20.9. The zero-order valence-electron chi connectivity index (χ0n) is 20.9. The minimum absolute atomic E-state index is 0.528. The van der Waals surface area contributed by atoms with Crippen molar-refractivity contribution in [3.05, 3.63) is 79.7 Å². The summed E-state index contributed by atoms with van der Waals surface area (Å²) in [5.74, 6) is 0.528. The fourth-order valence-corrected chi connectivity index (χ4v) is 4.60. The quantitative estimate of drug-likeness (QED) is 0.252. The number of aromatic amines is 2. The summed E-state index contributed by atoms with van der Waals surface area (Å²) in [6.45, 7) is 10.5. The molecule has 0 fully saturated rings. The highest BCUT2D eigenvalue weighted by Gasteiger charge is 2.15. The summed E-state index contributed by atoms with van der Waals surface area (Å²) in [6, 6.07) is 6.19. The second-order valence-electron chi connectivity index (χ2n) is 9.70. The van der Waals surface area contributed by atoms with Crippen LogP contribution >= 0.6 is 0 Å². The van der Waals surface area contributed by atoms with Gasteiger partial charge in [-0.05, 0) is 37.5 Å². The lowest BCUT2D eigenvalue weighted by molar-refractivity contribution is 0.645. The molecule has 3 N–H and O–H groups in total. The molecule has 0 saturated heterocycles. The number of hydrogen-bond acceptors (Lipinski definition) is 6. The number of nitrogens with zero attached hydrogens (tertiary/aromatic N) is 6. The van der Waals surface area contributed by atoms with E-state index in [-0.39, 0.29) is 0 Å². The van der Waals surface area contributed by atoms with Crippen LogP contribution < -0.4 is 5.32 Å². The molecular formula is C28H27N9. The van der Waals surface area contributed by atoms with E-state index in [0.717, 1.165) is 73.6 Å². The van der Waals surface area contributed by atoms with Gasteiger partial charge < -0.3 is 14.9 Å². The van der Waals surface area contributed by atoms with Crippen LogP contribution in [0.2, 0.25) is 0 Å². The van der Waals surface area contributed by atoms with Crippen LogP contribution in [-0.2, 0) is 0 Å². The van der Waals surface area contributed by atoms with Crippen LogP contribution in [0.15, 0.2) is 74.0 Å². The van der Waals surface area contributed by atoms with Crippen molar-refractivity contribution in [2.75, 3.05) is 5.32 Å². The van der Waals surface area contributed by atoms with Crippen molar-refractivity contribution in [1.82, 2.24) is 39.7 Å². The monoisotopic (exact) mass is 489 g/mol. The van der Waals surface area contributed by atoms with Gasteiger partial charge in [-0.25, -0.2) is 4.98 Å². The first kappa shape index (κ1) is 22.7. The van der Waals surface area contributed by atoms with E-state index < -0.39 is 0 Å². The highest BCUT2D eigenvalue weighted by Crippen LogP contribution is 2.32.